The van der Waals surface area contributed by atoms with Crippen LogP contribution in [0.4, 0.5) is 5.13 Å². The Hall–Kier alpha value is -1.10. The fourth-order valence-electron chi connectivity index (χ4n) is 2.85. The van der Waals surface area contributed by atoms with Crippen LogP contribution in [0.1, 0.15) is 25.2 Å². The minimum Gasteiger partial charge on any atom is -0.731 e. The van der Waals surface area contributed by atoms with Crippen LogP contribution in [0.2, 0.25) is 0 Å². The van der Waals surface area contributed by atoms with E-state index in [2.05, 4.69) is 15.0 Å². The van der Waals surface area contributed by atoms with Crippen LogP contribution in [0.25, 0.3) is 0 Å². The van der Waals surface area contributed by atoms with E-state index < -0.39 is 53.4 Å². The number of methoxy groups -OCH3 is 1. The van der Waals surface area contributed by atoms with Gasteiger partial charge in [0.2, 0.25) is 5.91 Å². The van der Waals surface area contributed by atoms with Gasteiger partial charge >= 0.3 is 43.1 Å². The Bertz CT molecular complexity index is 1010. The van der Waals surface area contributed by atoms with E-state index in [0.29, 0.717) is 0 Å². The van der Waals surface area contributed by atoms with Gasteiger partial charge < -0.3 is 29.4 Å². The number of ether oxygens (including phenoxy) is 1. The molecule has 0 aromatic carbocycles. The summed E-state index contributed by atoms with van der Waals surface area (Å²) in [4.78, 5) is 41.1. The summed E-state index contributed by atoms with van der Waals surface area (Å²) in [6.07, 6.45) is 0. The van der Waals surface area contributed by atoms with Gasteiger partial charge in [-0.3, -0.25) is 14.2 Å². The molecule has 0 bridgehead atoms. The molecular weight excluding hydrogens is 502 g/mol. The number of esters is 1. The van der Waals surface area contributed by atoms with Crippen molar-refractivity contribution in [3.05, 3.63) is 11.1 Å². The summed E-state index contributed by atoms with van der Waals surface area (Å²) < 4.78 is 61.8. The first-order valence-electron chi connectivity index (χ1n) is 8.68. The van der Waals surface area contributed by atoms with Gasteiger partial charge in [-0.05, 0) is 13.8 Å². The zero-order valence-electron chi connectivity index (χ0n) is 17.5. The molecule has 1 fully saturated rings. The molecule has 1 aromatic rings. The summed E-state index contributed by atoms with van der Waals surface area (Å²) in [5.74, 6) is -3.74. The second-order valence-electron chi connectivity index (χ2n) is 5.93. The molecule has 174 valence electrons. The summed E-state index contributed by atoms with van der Waals surface area (Å²) >= 11 is 0.939. The van der Waals surface area contributed by atoms with Crippen LogP contribution in [0.3, 0.4) is 0 Å². The van der Waals surface area contributed by atoms with E-state index in [4.69, 9.17) is 14.8 Å². The van der Waals surface area contributed by atoms with E-state index in [9.17, 15) is 31.9 Å². The maximum Gasteiger partial charge on any atom is 1.00 e. The summed E-state index contributed by atoms with van der Waals surface area (Å²) in [6, 6.07) is -3.69. The number of nitrogens with one attached hydrogen (secondary N) is 1. The molecule has 18 heteroatoms. The van der Waals surface area contributed by atoms with Crippen molar-refractivity contribution in [2.45, 2.75) is 31.6 Å². The van der Waals surface area contributed by atoms with Gasteiger partial charge in [-0.1, -0.05) is 0 Å². The van der Waals surface area contributed by atoms with Crippen molar-refractivity contribution in [1.82, 2.24) is 14.6 Å². The number of rotatable bonds is 10. The van der Waals surface area contributed by atoms with Gasteiger partial charge in [-0.15, -0.1) is 11.3 Å². The Kier molecular flexibility index (Phi) is 10.3. The molecule has 1 unspecified atom stereocenters. The Morgan fingerprint density at radius 1 is 1.38 bits per heavy atom. The number of anilines is 1. The fraction of sp³-hybridized carbons (Fsp3) is 0.571. The molecule has 14 nitrogen and oxygen atoms in total. The smallest absolute Gasteiger partial charge is 0.731 e. The van der Waals surface area contributed by atoms with Gasteiger partial charge in [0.05, 0.1) is 26.0 Å². The molecule has 0 aliphatic carbocycles. The molecular formula is C14H20N4NaO10PS2. The average Bonchev–Trinajstić information content (AvgIpc) is 3.08. The van der Waals surface area contributed by atoms with E-state index in [1.165, 1.54) is 19.2 Å². The van der Waals surface area contributed by atoms with Crippen LogP contribution >= 0.6 is 18.9 Å². The number of nitrogens with two attached hydrogens (primary N) is 1. The van der Waals surface area contributed by atoms with Gasteiger partial charge in [-0.25, -0.2) is 22.5 Å². The quantitative estimate of drug-likeness (QED) is 0.100. The molecule has 3 N–H and O–H groups in total. The van der Waals surface area contributed by atoms with Crippen molar-refractivity contribution >= 4 is 52.2 Å². The van der Waals surface area contributed by atoms with Crippen molar-refractivity contribution in [2.24, 2.45) is 0 Å². The number of carbonyl (C=O) groups is 3. The van der Waals surface area contributed by atoms with Crippen LogP contribution in [0, 0.1) is 0 Å². The molecule has 2 amide bonds. The number of hydrogen-bond donors (Lipinski definition) is 2. The SMILES string of the molecule is CCOP(=O)(OCC)C(C(=O)N[C@H]1C(=O)N(S(=O)(=O)[O-])[C@H]1C(=O)OC)c1csc(N)n1.[Na+]. The zero-order valence-corrected chi connectivity index (χ0v) is 22.1. The van der Waals surface area contributed by atoms with E-state index in [1.54, 1.807) is 0 Å². The average molecular weight is 522 g/mol. The maximum absolute atomic E-state index is 13.3. The molecule has 2 heterocycles. The fourth-order valence-corrected chi connectivity index (χ4v) is 6.27. The minimum atomic E-state index is -5.35. The number of carbonyl (C=O) groups excluding carboxylic acids is 3. The molecule has 1 saturated heterocycles. The standard InChI is InChI=1S/C14H21N4O10PS2.Na/c1-4-27-29(22,28-5-2)10(7-6-30-14(15)16-7)11(19)17-8-9(13(21)26-3)18(12(8)20)31(23,24)25;/h6,8-10H,4-5H2,1-3H3,(H2,15,16)(H,17,19)(H,23,24,25);/q;+1/p-1/t8-,9-,10?;/m1./s1. The Morgan fingerprint density at radius 2 is 1.94 bits per heavy atom. The maximum atomic E-state index is 13.3. The van der Waals surface area contributed by atoms with Crippen LogP contribution in [0.15, 0.2) is 5.38 Å². The van der Waals surface area contributed by atoms with Crippen molar-refractivity contribution in [2.75, 3.05) is 26.1 Å². The van der Waals surface area contributed by atoms with Gasteiger partial charge in [0.15, 0.2) is 27.1 Å². The monoisotopic (exact) mass is 522 g/mol. The summed E-state index contributed by atoms with van der Waals surface area (Å²) in [5.41, 5.74) is 3.82. The van der Waals surface area contributed by atoms with Crippen LogP contribution in [-0.4, -0.2) is 72.5 Å². The minimum absolute atomic E-state index is 0. The molecule has 0 spiro atoms. The summed E-state index contributed by atoms with van der Waals surface area (Å²) in [6.45, 7) is 2.82. The second-order valence-corrected chi connectivity index (χ2v) is 10.2. The Balaban J connectivity index is 0.00000512. The summed E-state index contributed by atoms with van der Waals surface area (Å²) in [7, 11) is -8.65. The van der Waals surface area contributed by atoms with Crippen molar-refractivity contribution in [3.63, 3.8) is 0 Å². The van der Waals surface area contributed by atoms with Gasteiger partial charge in [0.25, 0.3) is 5.91 Å². The van der Waals surface area contributed by atoms with Gasteiger partial charge in [0, 0.05) is 5.38 Å². The van der Waals surface area contributed by atoms with E-state index in [0.717, 1.165) is 18.4 Å². The Morgan fingerprint density at radius 3 is 2.34 bits per heavy atom. The third kappa shape index (κ3) is 5.87. The molecule has 0 saturated carbocycles. The molecule has 1 aliphatic rings. The van der Waals surface area contributed by atoms with Crippen LogP contribution < -0.4 is 40.6 Å². The number of nitrogen functional groups attached to an aromatic ring is 1. The third-order valence-electron chi connectivity index (χ3n) is 4.04. The van der Waals surface area contributed by atoms with Crippen LogP contribution in [-0.2, 0) is 43.0 Å². The largest absolute Gasteiger partial charge is 1.00 e. The van der Waals surface area contributed by atoms with E-state index in [1.807, 2.05) is 0 Å². The van der Waals surface area contributed by atoms with Gasteiger partial charge in [-0.2, -0.15) is 0 Å². The number of aromatic nitrogens is 1. The van der Waals surface area contributed by atoms with Crippen molar-refractivity contribution in [3.8, 4) is 0 Å². The molecule has 2 rings (SSSR count). The zero-order chi connectivity index (χ0) is 23.6. The first kappa shape index (κ1) is 28.9. The molecule has 32 heavy (non-hydrogen) atoms. The first-order valence-corrected chi connectivity index (χ1v) is 12.5. The summed E-state index contributed by atoms with van der Waals surface area (Å²) in [5, 5.41) is 3.50. The van der Waals surface area contributed by atoms with Crippen molar-refractivity contribution < 1.29 is 75.3 Å². The van der Waals surface area contributed by atoms with E-state index in [-0.39, 0.29) is 57.9 Å². The predicted molar refractivity (Wildman–Crippen MR) is 104 cm³/mol. The number of nitrogens with zero attached hydrogens (tertiary/aromatic N) is 2. The number of thiazole rings is 1. The molecule has 0 radical (unpaired) electrons. The third-order valence-corrected chi connectivity index (χ3v) is 7.98. The topological polar surface area (TPSA) is 207 Å². The molecule has 1 aromatic heterocycles. The number of amides is 2. The van der Waals surface area contributed by atoms with Crippen LogP contribution in [0.5, 0.6) is 0 Å². The Labute approximate surface area is 209 Å². The molecule has 1 aliphatic heterocycles. The predicted octanol–water partition coefficient (Wildman–Crippen LogP) is -3.63. The second kappa shape index (κ2) is 11.4. The van der Waals surface area contributed by atoms with E-state index >= 15 is 0 Å². The van der Waals surface area contributed by atoms with Crippen molar-refractivity contribution in [1.29, 1.82) is 0 Å². The first-order chi connectivity index (χ1) is 14.4. The van der Waals surface area contributed by atoms with Gasteiger partial charge in [0.1, 0.15) is 6.04 Å². The molecule has 3 atom stereocenters. The normalized spacial score (nSPS) is 19.5. The number of β-lactam (4-membered cyclic amide) rings is 1. The number of hydrogen-bond acceptors (Lipinski definition) is 13.